The molecule has 5 rings (SSSR count). The van der Waals surface area contributed by atoms with Crippen molar-refractivity contribution in [2.45, 2.75) is 45.2 Å². The predicted octanol–water partition coefficient (Wildman–Crippen LogP) is 10.3. The van der Waals surface area contributed by atoms with Crippen molar-refractivity contribution < 1.29 is 35.9 Å². The third-order valence-electron chi connectivity index (χ3n) is 7.28. The van der Waals surface area contributed by atoms with Gasteiger partial charge in [-0.05, 0) is 76.0 Å². The number of hydrogen-bond acceptors (Lipinski definition) is 2. The number of alkyl halides is 3. The number of carbonyl (C=O) groups excluding carboxylic acids is 1. The minimum atomic E-state index is -4.99. The maximum absolute atomic E-state index is 14.8. The van der Waals surface area contributed by atoms with Crippen molar-refractivity contribution in [3.63, 3.8) is 0 Å². The largest absolute Gasteiger partial charge is 0.458 e. The SMILES string of the molecule is CCCCCCc1ccc(-c2ccc3cc(C(=O)Oc4cc(F)c5c(F)c(C#CC(F)(F)F)c(F)cc5c4)ccc3c2)cc1. The molecule has 0 radical (unpaired) electrons. The van der Waals surface area contributed by atoms with Crippen LogP contribution in [0.1, 0.15) is 54.1 Å². The zero-order chi connectivity index (χ0) is 31.4. The zero-order valence-corrected chi connectivity index (χ0v) is 23.6. The lowest BCUT2D eigenvalue weighted by molar-refractivity contribution is -0.0696. The number of ether oxygens (including phenoxy) is 1. The van der Waals surface area contributed by atoms with Crippen LogP contribution in [-0.4, -0.2) is 12.1 Å². The van der Waals surface area contributed by atoms with Crippen LogP contribution in [0.25, 0.3) is 32.7 Å². The van der Waals surface area contributed by atoms with Crippen LogP contribution in [0, 0.1) is 29.3 Å². The molecule has 0 aromatic heterocycles. The highest BCUT2D eigenvalue weighted by Crippen LogP contribution is 2.31. The maximum Gasteiger partial charge on any atom is 0.458 e. The summed E-state index contributed by atoms with van der Waals surface area (Å²) in [7, 11) is 0. The van der Waals surface area contributed by atoms with Gasteiger partial charge in [0.2, 0.25) is 0 Å². The Hall–Kier alpha value is -4.77. The molecule has 0 saturated heterocycles. The summed E-state index contributed by atoms with van der Waals surface area (Å²) in [4.78, 5) is 12.9. The molecule has 8 heteroatoms. The number of esters is 1. The molecule has 224 valence electrons. The second kappa shape index (κ2) is 12.8. The van der Waals surface area contributed by atoms with Crippen LogP contribution in [0.5, 0.6) is 5.75 Å². The molecule has 0 heterocycles. The first-order valence-electron chi connectivity index (χ1n) is 14.1. The number of rotatable bonds is 8. The number of fused-ring (bicyclic) bond motifs is 2. The van der Waals surface area contributed by atoms with Crippen molar-refractivity contribution in [1.82, 2.24) is 0 Å². The quantitative estimate of drug-likeness (QED) is 0.0579. The van der Waals surface area contributed by atoms with E-state index in [1.807, 2.05) is 18.2 Å². The van der Waals surface area contributed by atoms with Crippen molar-refractivity contribution >= 4 is 27.5 Å². The molecule has 44 heavy (non-hydrogen) atoms. The molecular weight excluding hydrogens is 578 g/mol. The van der Waals surface area contributed by atoms with E-state index >= 15 is 0 Å². The average molecular weight is 605 g/mol. The number of hydrogen-bond donors (Lipinski definition) is 0. The van der Waals surface area contributed by atoms with Crippen molar-refractivity contribution in [2.24, 2.45) is 0 Å². The lowest BCUT2D eigenvalue weighted by Crippen LogP contribution is -2.09. The van der Waals surface area contributed by atoms with Crippen LogP contribution in [0.2, 0.25) is 0 Å². The molecule has 0 bridgehead atoms. The van der Waals surface area contributed by atoms with Crippen LogP contribution in [0.3, 0.4) is 0 Å². The van der Waals surface area contributed by atoms with Crippen LogP contribution in [0.15, 0.2) is 78.9 Å². The first kappa shape index (κ1) is 30.7. The highest BCUT2D eigenvalue weighted by atomic mass is 19.4. The van der Waals surface area contributed by atoms with Crippen LogP contribution < -0.4 is 4.74 Å². The topological polar surface area (TPSA) is 26.3 Å². The predicted molar refractivity (Wildman–Crippen MR) is 159 cm³/mol. The fraction of sp³-hybridized carbons (Fsp3) is 0.194. The van der Waals surface area contributed by atoms with Crippen LogP contribution in [0.4, 0.5) is 26.3 Å². The lowest BCUT2D eigenvalue weighted by atomic mass is 9.98. The van der Waals surface area contributed by atoms with E-state index in [1.54, 1.807) is 18.2 Å². The Balaban J connectivity index is 1.34. The third kappa shape index (κ3) is 7.05. The Morgan fingerprint density at radius 1 is 0.750 bits per heavy atom. The summed E-state index contributed by atoms with van der Waals surface area (Å²) in [5.74, 6) is -3.28. The Kier molecular flexibility index (Phi) is 8.96. The van der Waals surface area contributed by atoms with E-state index in [1.165, 1.54) is 37.2 Å². The van der Waals surface area contributed by atoms with E-state index in [2.05, 4.69) is 31.2 Å². The first-order chi connectivity index (χ1) is 21.0. The Labute approximate surface area is 250 Å². The highest BCUT2D eigenvalue weighted by molar-refractivity contribution is 5.98. The summed E-state index contributed by atoms with van der Waals surface area (Å²) in [6.07, 6.45) is 0.913. The molecule has 0 atom stereocenters. The number of carbonyl (C=O) groups is 1. The molecule has 5 aromatic carbocycles. The Morgan fingerprint density at radius 2 is 1.45 bits per heavy atom. The normalized spacial score (nSPS) is 11.4. The second-order valence-corrected chi connectivity index (χ2v) is 10.5. The van der Waals surface area contributed by atoms with E-state index < -0.39 is 40.5 Å². The monoisotopic (exact) mass is 604 g/mol. The van der Waals surface area contributed by atoms with Crippen molar-refractivity contribution in [1.29, 1.82) is 0 Å². The molecule has 5 aromatic rings. The first-order valence-corrected chi connectivity index (χ1v) is 14.1. The number of aryl methyl sites for hydroxylation is 1. The molecule has 0 unspecified atom stereocenters. The molecule has 0 saturated carbocycles. The van der Waals surface area contributed by atoms with E-state index in [-0.39, 0.29) is 16.7 Å². The number of benzene rings is 5. The molecule has 0 aliphatic carbocycles. The minimum absolute atomic E-state index is 0.160. The fourth-order valence-corrected chi connectivity index (χ4v) is 5.03. The van der Waals surface area contributed by atoms with Crippen molar-refractivity contribution in [2.75, 3.05) is 0 Å². The highest BCUT2D eigenvalue weighted by Gasteiger charge is 2.24. The Morgan fingerprint density at radius 3 is 2.18 bits per heavy atom. The van der Waals surface area contributed by atoms with Gasteiger partial charge in [0, 0.05) is 12.0 Å². The molecule has 0 N–H and O–H groups in total. The van der Waals surface area contributed by atoms with Crippen LogP contribution in [-0.2, 0) is 6.42 Å². The number of unbranched alkanes of at least 4 members (excludes halogenated alkanes) is 3. The van der Waals surface area contributed by atoms with Gasteiger partial charge < -0.3 is 4.74 Å². The molecule has 2 nitrogen and oxygen atoms in total. The van der Waals surface area contributed by atoms with Gasteiger partial charge in [0.15, 0.2) is 5.82 Å². The summed E-state index contributed by atoms with van der Waals surface area (Å²) in [6, 6.07) is 21.6. The van der Waals surface area contributed by atoms with E-state index in [0.717, 1.165) is 40.3 Å². The van der Waals surface area contributed by atoms with Gasteiger partial charge in [0.25, 0.3) is 0 Å². The maximum atomic E-state index is 14.8. The van der Waals surface area contributed by atoms with Gasteiger partial charge >= 0.3 is 12.1 Å². The molecule has 0 fully saturated rings. The standard InChI is InChI=1S/C36H26F6O2/c1-2-3-4-5-6-22-7-9-23(10-8-22)24-11-12-26-18-27(14-13-25(26)17-24)35(43)44-29-19-28-20-31(37)30(15-16-36(40,41)42)34(39)33(28)32(38)21-29/h7-14,17-21H,2-6H2,1H3. The summed E-state index contributed by atoms with van der Waals surface area (Å²) >= 11 is 0. The summed E-state index contributed by atoms with van der Waals surface area (Å²) < 4.78 is 86.4. The van der Waals surface area contributed by atoms with Crippen LogP contribution >= 0.6 is 0 Å². The van der Waals surface area contributed by atoms with E-state index in [4.69, 9.17) is 4.74 Å². The molecule has 0 aliphatic heterocycles. The Bertz CT molecular complexity index is 1910. The fourth-order valence-electron chi connectivity index (χ4n) is 5.03. The van der Waals surface area contributed by atoms with E-state index in [0.29, 0.717) is 12.1 Å². The smallest absolute Gasteiger partial charge is 0.423 e. The lowest BCUT2D eigenvalue weighted by Gasteiger charge is -2.10. The van der Waals surface area contributed by atoms with Gasteiger partial charge in [-0.25, -0.2) is 18.0 Å². The van der Waals surface area contributed by atoms with Gasteiger partial charge in [-0.2, -0.15) is 13.2 Å². The van der Waals surface area contributed by atoms with Crippen molar-refractivity contribution in [3.8, 4) is 28.7 Å². The third-order valence-corrected chi connectivity index (χ3v) is 7.28. The van der Waals surface area contributed by atoms with Gasteiger partial charge in [0.1, 0.15) is 17.4 Å². The summed E-state index contributed by atoms with van der Waals surface area (Å²) in [6.45, 7) is 2.19. The second-order valence-electron chi connectivity index (χ2n) is 10.5. The van der Waals surface area contributed by atoms with Crippen molar-refractivity contribution in [3.05, 3.63) is 113 Å². The average Bonchev–Trinajstić information content (AvgIpc) is 2.98. The molecule has 0 spiro atoms. The van der Waals surface area contributed by atoms with Gasteiger partial charge in [-0.15, -0.1) is 0 Å². The van der Waals surface area contributed by atoms with E-state index in [9.17, 15) is 31.1 Å². The summed E-state index contributed by atoms with van der Waals surface area (Å²) in [5, 5.41) is 0.517. The molecule has 0 amide bonds. The molecular formula is C36H26F6O2. The minimum Gasteiger partial charge on any atom is -0.423 e. The molecule has 0 aliphatic rings. The van der Waals surface area contributed by atoms with Gasteiger partial charge in [0.05, 0.1) is 16.5 Å². The van der Waals surface area contributed by atoms with Gasteiger partial charge in [-0.3, -0.25) is 0 Å². The number of halogens is 6. The zero-order valence-electron chi connectivity index (χ0n) is 23.6. The van der Waals surface area contributed by atoms with Gasteiger partial charge in [-0.1, -0.05) is 74.6 Å². The summed E-state index contributed by atoms with van der Waals surface area (Å²) in [5.41, 5.74) is 2.33.